The zero-order valence-electron chi connectivity index (χ0n) is 14.1. The minimum atomic E-state index is -0.370. The van der Waals surface area contributed by atoms with Gasteiger partial charge in [0, 0.05) is 23.1 Å². The van der Waals surface area contributed by atoms with E-state index in [1.54, 1.807) is 12.1 Å². The number of phenols is 1. The molecule has 0 unspecified atom stereocenters. The number of benzene rings is 1. The summed E-state index contributed by atoms with van der Waals surface area (Å²) in [6, 6.07) is 5.08. The van der Waals surface area contributed by atoms with Gasteiger partial charge in [-0.15, -0.1) is 0 Å². The lowest BCUT2D eigenvalue weighted by molar-refractivity contribution is -1.02. The number of aryl methyl sites for hydroxylation is 1. The Bertz CT molecular complexity index is 763. The van der Waals surface area contributed by atoms with E-state index in [0.29, 0.717) is 5.58 Å². The summed E-state index contributed by atoms with van der Waals surface area (Å²) in [6.45, 7) is 7.94. The minimum Gasteiger partial charge on any atom is -0.508 e. The Morgan fingerprint density at radius 1 is 1.08 bits per heavy atom. The summed E-state index contributed by atoms with van der Waals surface area (Å²) in [5.41, 5.74) is 1.93. The molecule has 1 fully saturated rings. The van der Waals surface area contributed by atoms with Crippen LogP contribution in [0.5, 0.6) is 5.75 Å². The zero-order valence-corrected chi connectivity index (χ0v) is 14.1. The summed E-state index contributed by atoms with van der Waals surface area (Å²) in [7, 11) is 0. The highest BCUT2D eigenvalue weighted by atomic mass is 16.4. The van der Waals surface area contributed by atoms with Crippen LogP contribution in [0.4, 0.5) is 0 Å². The van der Waals surface area contributed by atoms with Gasteiger partial charge in [0.15, 0.2) is 0 Å². The highest BCUT2D eigenvalue weighted by Gasteiger charge is 2.23. The lowest BCUT2D eigenvalue weighted by Crippen LogP contribution is -3.27. The van der Waals surface area contributed by atoms with Crippen LogP contribution in [0.15, 0.2) is 27.4 Å². The van der Waals surface area contributed by atoms with Gasteiger partial charge >= 0.3 is 5.63 Å². The first-order chi connectivity index (χ1) is 11.6. The second kappa shape index (κ2) is 7.34. The Hall–Kier alpha value is -1.89. The Kier molecular flexibility index (Phi) is 5.18. The van der Waals surface area contributed by atoms with Crippen molar-refractivity contribution in [2.75, 3.05) is 39.3 Å². The van der Waals surface area contributed by atoms with Crippen LogP contribution >= 0.6 is 0 Å². The molecule has 0 atom stereocenters. The molecule has 1 aromatic carbocycles. The van der Waals surface area contributed by atoms with Gasteiger partial charge in [-0.05, 0) is 18.1 Å². The van der Waals surface area contributed by atoms with Crippen molar-refractivity contribution in [1.82, 2.24) is 0 Å². The molecule has 2 aromatic rings. The van der Waals surface area contributed by atoms with Crippen molar-refractivity contribution in [1.29, 1.82) is 0 Å². The fraction of sp³-hybridized carbons (Fsp3) is 0.500. The zero-order chi connectivity index (χ0) is 17.1. The number of nitrogens with one attached hydrogen (secondary N) is 2. The second-order valence-corrected chi connectivity index (χ2v) is 6.57. The molecule has 0 aliphatic carbocycles. The van der Waals surface area contributed by atoms with E-state index >= 15 is 0 Å². The SMILES string of the molecule is CCc1cc2c(C[NH+]3CC[NH+](CCO)CC3)cc(=O)oc2cc1O. The van der Waals surface area contributed by atoms with E-state index in [4.69, 9.17) is 9.52 Å². The van der Waals surface area contributed by atoms with E-state index in [2.05, 4.69) is 0 Å². The standard InChI is InChI=1S/C18H24N2O4/c1-2-13-9-15-14(10-18(23)24-17(15)11-16(13)22)12-20-5-3-19(4-6-20)7-8-21/h9-11,21-22H,2-8,12H2,1H3/p+2. The van der Waals surface area contributed by atoms with E-state index in [1.807, 2.05) is 13.0 Å². The molecule has 1 aliphatic heterocycles. The summed E-state index contributed by atoms with van der Waals surface area (Å²) in [5.74, 6) is 0.180. The van der Waals surface area contributed by atoms with Crippen LogP contribution < -0.4 is 15.4 Å². The molecule has 2 heterocycles. The smallest absolute Gasteiger partial charge is 0.336 e. The van der Waals surface area contributed by atoms with E-state index in [1.165, 1.54) is 9.80 Å². The number of quaternary nitrogens is 2. The first-order valence-corrected chi connectivity index (χ1v) is 8.67. The maximum Gasteiger partial charge on any atom is 0.336 e. The van der Waals surface area contributed by atoms with Gasteiger partial charge in [-0.25, -0.2) is 4.79 Å². The molecule has 4 N–H and O–H groups in total. The number of fused-ring (bicyclic) bond motifs is 1. The van der Waals surface area contributed by atoms with Gasteiger partial charge < -0.3 is 24.4 Å². The Balaban J connectivity index is 1.85. The molecule has 0 amide bonds. The molecule has 130 valence electrons. The second-order valence-electron chi connectivity index (χ2n) is 6.57. The molecule has 3 rings (SSSR count). The lowest BCUT2D eigenvalue weighted by atomic mass is 10.0. The van der Waals surface area contributed by atoms with Crippen LogP contribution in [0.3, 0.4) is 0 Å². The van der Waals surface area contributed by atoms with Crippen LogP contribution in [0, 0.1) is 0 Å². The van der Waals surface area contributed by atoms with Gasteiger partial charge in [0.05, 0.1) is 6.61 Å². The average molecular weight is 334 g/mol. The number of aliphatic hydroxyl groups is 1. The number of aliphatic hydroxyl groups excluding tert-OH is 1. The third kappa shape index (κ3) is 3.61. The fourth-order valence-corrected chi connectivity index (χ4v) is 3.55. The summed E-state index contributed by atoms with van der Waals surface area (Å²) >= 11 is 0. The predicted octanol–water partition coefficient (Wildman–Crippen LogP) is -1.66. The number of rotatable bonds is 5. The first-order valence-electron chi connectivity index (χ1n) is 8.67. The monoisotopic (exact) mass is 334 g/mol. The van der Waals surface area contributed by atoms with E-state index in [-0.39, 0.29) is 18.0 Å². The van der Waals surface area contributed by atoms with Crippen molar-refractivity contribution in [3.05, 3.63) is 39.7 Å². The predicted molar refractivity (Wildman–Crippen MR) is 90.6 cm³/mol. The summed E-state index contributed by atoms with van der Waals surface area (Å²) in [4.78, 5) is 14.7. The number of piperazine rings is 1. The van der Waals surface area contributed by atoms with Crippen molar-refractivity contribution < 1.29 is 24.4 Å². The Morgan fingerprint density at radius 2 is 1.79 bits per heavy atom. The van der Waals surface area contributed by atoms with Gasteiger partial charge in [-0.1, -0.05) is 6.92 Å². The van der Waals surface area contributed by atoms with Crippen molar-refractivity contribution in [3.63, 3.8) is 0 Å². The number of hydrogen-bond acceptors (Lipinski definition) is 4. The topological polar surface area (TPSA) is 79.5 Å². The summed E-state index contributed by atoms with van der Waals surface area (Å²) in [5, 5.41) is 20.0. The van der Waals surface area contributed by atoms with E-state index in [9.17, 15) is 9.90 Å². The molecule has 0 radical (unpaired) electrons. The fourth-order valence-electron chi connectivity index (χ4n) is 3.55. The third-order valence-corrected chi connectivity index (χ3v) is 4.98. The van der Waals surface area contributed by atoms with Crippen LogP contribution in [-0.4, -0.2) is 49.5 Å². The van der Waals surface area contributed by atoms with Crippen LogP contribution in [0.25, 0.3) is 11.0 Å². The highest BCUT2D eigenvalue weighted by Crippen LogP contribution is 2.26. The molecule has 1 aliphatic rings. The van der Waals surface area contributed by atoms with Gasteiger partial charge in [0.1, 0.15) is 50.6 Å². The summed E-state index contributed by atoms with van der Waals surface area (Å²) < 4.78 is 5.26. The maximum atomic E-state index is 11.9. The quantitative estimate of drug-likeness (QED) is 0.494. The largest absolute Gasteiger partial charge is 0.508 e. The van der Waals surface area contributed by atoms with Crippen molar-refractivity contribution in [2.24, 2.45) is 0 Å². The van der Waals surface area contributed by atoms with Crippen molar-refractivity contribution >= 4 is 11.0 Å². The van der Waals surface area contributed by atoms with E-state index < -0.39 is 0 Å². The van der Waals surface area contributed by atoms with Crippen LogP contribution in [-0.2, 0) is 13.0 Å². The highest BCUT2D eigenvalue weighted by molar-refractivity contribution is 5.82. The lowest BCUT2D eigenvalue weighted by Gasteiger charge is -2.29. The molecular weight excluding hydrogens is 308 g/mol. The number of hydrogen-bond donors (Lipinski definition) is 4. The van der Waals surface area contributed by atoms with Crippen molar-refractivity contribution in [3.8, 4) is 5.75 Å². The molecule has 6 heteroatoms. The maximum absolute atomic E-state index is 11.9. The molecule has 24 heavy (non-hydrogen) atoms. The molecule has 0 saturated carbocycles. The molecule has 0 spiro atoms. The Labute approximate surface area is 140 Å². The Morgan fingerprint density at radius 3 is 2.46 bits per heavy atom. The molecule has 1 aromatic heterocycles. The molecule has 1 saturated heterocycles. The first kappa shape index (κ1) is 17.0. The average Bonchev–Trinajstić information content (AvgIpc) is 2.56. The van der Waals surface area contributed by atoms with Gasteiger partial charge in [0.25, 0.3) is 0 Å². The normalized spacial score (nSPS) is 21.2. The van der Waals surface area contributed by atoms with Gasteiger partial charge in [0.2, 0.25) is 0 Å². The van der Waals surface area contributed by atoms with Gasteiger partial charge in [-0.3, -0.25) is 0 Å². The third-order valence-electron chi connectivity index (χ3n) is 4.98. The molecule has 6 nitrogen and oxygen atoms in total. The summed E-state index contributed by atoms with van der Waals surface area (Å²) in [6.07, 6.45) is 0.733. The number of phenolic OH excluding ortho intramolecular Hbond substituents is 1. The molecule has 0 bridgehead atoms. The van der Waals surface area contributed by atoms with Crippen LogP contribution in [0.2, 0.25) is 0 Å². The molecular formula is C18H26N2O4+2. The minimum absolute atomic E-state index is 0.180. The van der Waals surface area contributed by atoms with Gasteiger partial charge in [-0.2, -0.15) is 0 Å². The van der Waals surface area contributed by atoms with Crippen molar-refractivity contribution in [2.45, 2.75) is 19.9 Å². The van der Waals surface area contributed by atoms with Crippen LogP contribution in [0.1, 0.15) is 18.1 Å². The van der Waals surface area contributed by atoms with E-state index in [0.717, 1.165) is 62.2 Å². The number of aromatic hydroxyl groups is 1.